The van der Waals surface area contributed by atoms with Crippen LogP contribution in [0.5, 0.6) is 0 Å². The Hall–Kier alpha value is -2.61. The first kappa shape index (κ1) is 20.1. The van der Waals surface area contributed by atoms with Crippen molar-refractivity contribution in [3.8, 4) is 0 Å². The lowest BCUT2D eigenvalue weighted by Crippen LogP contribution is -2.36. The van der Waals surface area contributed by atoms with Crippen molar-refractivity contribution in [3.63, 3.8) is 0 Å². The summed E-state index contributed by atoms with van der Waals surface area (Å²) in [5, 5.41) is 10.6. The smallest absolute Gasteiger partial charge is 0.321 e. The second-order valence-electron chi connectivity index (χ2n) is 6.85. The molecule has 0 saturated carbocycles. The summed E-state index contributed by atoms with van der Waals surface area (Å²) in [5.41, 5.74) is 2.97. The molecule has 1 aliphatic rings. The van der Waals surface area contributed by atoms with Crippen LogP contribution in [0.25, 0.3) is 0 Å². The zero-order valence-electron chi connectivity index (χ0n) is 16.7. The molecule has 0 bridgehead atoms. The number of anilines is 1. The maximum Gasteiger partial charge on any atom is 0.321 e. The largest absolute Gasteiger partial charge is 0.352 e. The molecule has 2 amide bonds. The molecule has 0 unspecified atom stereocenters. The standard InChI is InChI=1S/C20H28N6OS/c1-14-15(2)28-18(24-14)13-23-19(21-3)22-12-16-7-6-8-17(11-16)25-20(27)26-9-4-5-10-26/h6-8,11H,4-5,9-10,12-13H2,1-3H3,(H,25,27)(H2,21,22,23). The molecule has 150 valence electrons. The van der Waals surface area contributed by atoms with Gasteiger partial charge in [0, 0.05) is 37.2 Å². The summed E-state index contributed by atoms with van der Waals surface area (Å²) in [6.07, 6.45) is 2.17. The molecule has 0 aliphatic carbocycles. The molecule has 1 fully saturated rings. The van der Waals surface area contributed by atoms with Crippen molar-refractivity contribution < 1.29 is 4.79 Å². The van der Waals surface area contributed by atoms with E-state index in [1.54, 1.807) is 18.4 Å². The summed E-state index contributed by atoms with van der Waals surface area (Å²) in [5.74, 6) is 0.719. The number of carbonyl (C=O) groups is 1. The van der Waals surface area contributed by atoms with E-state index in [1.807, 2.05) is 36.1 Å². The molecule has 0 spiro atoms. The minimum absolute atomic E-state index is 0.0193. The van der Waals surface area contributed by atoms with Crippen LogP contribution in [0.15, 0.2) is 29.3 Å². The van der Waals surface area contributed by atoms with Gasteiger partial charge < -0.3 is 20.9 Å². The minimum Gasteiger partial charge on any atom is -0.352 e. The fourth-order valence-corrected chi connectivity index (χ4v) is 3.94. The zero-order valence-corrected chi connectivity index (χ0v) is 17.5. The highest BCUT2D eigenvalue weighted by molar-refractivity contribution is 7.11. The number of aryl methyl sites for hydroxylation is 2. The number of thiazole rings is 1. The summed E-state index contributed by atoms with van der Waals surface area (Å²) in [4.78, 5) is 24.2. The van der Waals surface area contributed by atoms with Gasteiger partial charge in [0.15, 0.2) is 5.96 Å². The van der Waals surface area contributed by atoms with Gasteiger partial charge in [0.1, 0.15) is 5.01 Å². The number of carbonyl (C=O) groups excluding carboxylic acids is 1. The molecule has 1 saturated heterocycles. The van der Waals surface area contributed by atoms with Crippen LogP contribution in [0.2, 0.25) is 0 Å². The lowest BCUT2D eigenvalue weighted by molar-refractivity contribution is 0.222. The lowest BCUT2D eigenvalue weighted by atomic mass is 10.2. The van der Waals surface area contributed by atoms with Crippen LogP contribution >= 0.6 is 11.3 Å². The SMILES string of the molecule is CN=C(NCc1cccc(NC(=O)N2CCCC2)c1)NCc1nc(C)c(C)s1. The molecular weight excluding hydrogens is 372 g/mol. The van der Waals surface area contributed by atoms with E-state index in [1.165, 1.54) is 4.88 Å². The average Bonchev–Trinajstić information content (AvgIpc) is 3.33. The predicted octanol–water partition coefficient (Wildman–Crippen LogP) is 3.25. The third kappa shape index (κ3) is 5.45. The number of nitrogens with one attached hydrogen (secondary N) is 3. The van der Waals surface area contributed by atoms with E-state index in [-0.39, 0.29) is 6.03 Å². The van der Waals surface area contributed by atoms with E-state index >= 15 is 0 Å². The van der Waals surface area contributed by atoms with Crippen molar-refractivity contribution >= 4 is 29.0 Å². The van der Waals surface area contributed by atoms with Gasteiger partial charge in [-0.1, -0.05) is 12.1 Å². The molecule has 2 heterocycles. The number of hydrogen-bond donors (Lipinski definition) is 3. The Morgan fingerprint density at radius 1 is 1.21 bits per heavy atom. The molecule has 0 radical (unpaired) electrons. The van der Waals surface area contributed by atoms with Crippen LogP contribution in [-0.4, -0.2) is 42.0 Å². The van der Waals surface area contributed by atoms with E-state index < -0.39 is 0 Å². The van der Waals surface area contributed by atoms with Crippen LogP contribution in [0.3, 0.4) is 0 Å². The molecule has 3 rings (SSSR count). The Labute approximate surface area is 170 Å². The van der Waals surface area contributed by atoms with E-state index in [9.17, 15) is 4.79 Å². The molecule has 1 aromatic heterocycles. The highest BCUT2D eigenvalue weighted by atomic mass is 32.1. The first-order valence-corrected chi connectivity index (χ1v) is 10.4. The fourth-order valence-electron chi connectivity index (χ4n) is 3.06. The van der Waals surface area contributed by atoms with Crippen molar-refractivity contribution in [2.75, 3.05) is 25.5 Å². The maximum absolute atomic E-state index is 12.2. The van der Waals surface area contributed by atoms with Crippen molar-refractivity contribution in [1.29, 1.82) is 0 Å². The first-order valence-electron chi connectivity index (χ1n) is 9.57. The Morgan fingerprint density at radius 3 is 2.64 bits per heavy atom. The van der Waals surface area contributed by atoms with Gasteiger partial charge in [-0.25, -0.2) is 9.78 Å². The number of likely N-dealkylation sites (tertiary alicyclic amines) is 1. The summed E-state index contributed by atoms with van der Waals surface area (Å²) in [6, 6.07) is 7.86. The van der Waals surface area contributed by atoms with Gasteiger partial charge in [0.05, 0.1) is 12.2 Å². The molecule has 8 heteroatoms. The number of urea groups is 1. The number of rotatable bonds is 5. The van der Waals surface area contributed by atoms with Crippen molar-refractivity contribution in [3.05, 3.63) is 45.4 Å². The zero-order chi connectivity index (χ0) is 19.9. The Bertz CT molecular complexity index is 821. The van der Waals surface area contributed by atoms with Crippen molar-refractivity contribution in [1.82, 2.24) is 20.5 Å². The van der Waals surface area contributed by atoms with Crippen molar-refractivity contribution in [2.24, 2.45) is 4.99 Å². The van der Waals surface area contributed by atoms with Gasteiger partial charge in [-0.15, -0.1) is 11.3 Å². The second kappa shape index (κ2) is 9.54. The van der Waals surface area contributed by atoms with Crippen LogP contribution in [0.1, 0.15) is 34.0 Å². The molecule has 1 aromatic carbocycles. The van der Waals surface area contributed by atoms with E-state index in [0.29, 0.717) is 13.1 Å². The third-order valence-electron chi connectivity index (χ3n) is 4.73. The number of amides is 2. The summed E-state index contributed by atoms with van der Waals surface area (Å²) in [6.45, 7) is 7.05. The molecule has 7 nitrogen and oxygen atoms in total. The lowest BCUT2D eigenvalue weighted by Gasteiger charge is -2.17. The monoisotopic (exact) mass is 400 g/mol. The number of guanidine groups is 1. The Kier molecular flexibility index (Phi) is 6.86. The van der Waals surface area contributed by atoms with Crippen LogP contribution in [-0.2, 0) is 13.1 Å². The minimum atomic E-state index is -0.0193. The van der Waals surface area contributed by atoms with E-state index in [0.717, 1.165) is 53.8 Å². The van der Waals surface area contributed by atoms with Gasteiger partial charge in [-0.3, -0.25) is 4.99 Å². The highest BCUT2D eigenvalue weighted by Crippen LogP contribution is 2.16. The molecule has 3 N–H and O–H groups in total. The van der Waals surface area contributed by atoms with Crippen LogP contribution in [0.4, 0.5) is 10.5 Å². The maximum atomic E-state index is 12.2. The first-order chi connectivity index (χ1) is 13.5. The van der Waals surface area contributed by atoms with Crippen LogP contribution in [0, 0.1) is 13.8 Å². The van der Waals surface area contributed by atoms with Gasteiger partial charge in [-0.2, -0.15) is 0 Å². The average molecular weight is 401 g/mol. The number of hydrogen-bond acceptors (Lipinski definition) is 4. The molecule has 28 heavy (non-hydrogen) atoms. The van der Waals surface area contributed by atoms with Crippen LogP contribution < -0.4 is 16.0 Å². The fraction of sp³-hybridized carbons (Fsp3) is 0.450. The van der Waals surface area contributed by atoms with Gasteiger partial charge in [0.2, 0.25) is 0 Å². The Morgan fingerprint density at radius 2 is 1.96 bits per heavy atom. The van der Waals surface area contributed by atoms with Gasteiger partial charge in [0.25, 0.3) is 0 Å². The van der Waals surface area contributed by atoms with Gasteiger partial charge in [-0.05, 0) is 44.4 Å². The highest BCUT2D eigenvalue weighted by Gasteiger charge is 2.17. The summed E-state index contributed by atoms with van der Waals surface area (Å²) in [7, 11) is 1.75. The van der Waals surface area contributed by atoms with E-state index in [4.69, 9.17) is 0 Å². The van der Waals surface area contributed by atoms with E-state index in [2.05, 4.69) is 32.9 Å². The topological polar surface area (TPSA) is 81.7 Å². The number of benzene rings is 1. The normalized spacial score (nSPS) is 14.2. The van der Waals surface area contributed by atoms with Crippen molar-refractivity contribution in [2.45, 2.75) is 39.8 Å². The number of aromatic nitrogens is 1. The summed E-state index contributed by atoms with van der Waals surface area (Å²) >= 11 is 1.70. The quantitative estimate of drug-likeness (QED) is 0.532. The Balaban J connectivity index is 1.50. The number of nitrogens with zero attached hydrogens (tertiary/aromatic N) is 3. The second-order valence-corrected chi connectivity index (χ2v) is 8.14. The summed E-state index contributed by atoms with van der Waals surface area (Å²) < 4.78 is 0. The predicted molar refractivity (Wildman–Crippen MR) is 115 cm³/mol. The number of aliphatic imine (C=N–C) groups is 1. The molecular formula is C20H28N6OS. The molecule has 1 aliphatic heterocycles. The third-order valence-corrected chi connectivity index (χ3v) is 5.81. The van der Waals surface area contributed by atoms with Gasteiger partial charge >= 0.3 is 6.03 Å². The molecule has 2 aromatic rings. The molecule has 0 atom stereocenters.